The maximum Gasteiger partial charge on any atom is 0.0605 e. The van der Waals surface area contributed by atoms with Crippen LogP contribution in [-0.2, 0) is 0 Å². The summed E-state index contributed by atoms with van der Waals surface area (Å²) in [7, 11) is 0. The Hall–Kier alpha value is -0.160. The van der Waals surface area contributed by atoms with Crippen LogP contribution in [0.4, 0.5) is 0 Å². The largest absolute Gasteiger partial charge is 0.396 e. The van der Waals surface area contributed by atoms with Crippen LogP contribution in [0.5, 0.6) is 0 Å². The van der Waals surface area contributed by atoms with E-state index >= 15 is 0 Å². The Balaban J connectivity index is 1.70. The minimum absolute atomic E-state index is 0.0216. The Morgan fingerprint density at radius 1 is 0.964 bits per heavy atom. The zero-order chi connectivity index (χ0) is 20.3. The third kappa shape index (κ3) is 2.92. The van der Waals surface area contributed by atoms with E-state index in [1.54, 1.807) is 0 Å². The first-order valence-electron chi connectivity index (χ1n) is 11.9. The second-order valence-electron chi connectivity index (χ2n) is 11.2. The average molecular weight is 395 g/mol. The van der Waals surface area contributed by atoms with E-state index in [4.69, 9.17) is 0 Å². The number of fused-ring (bicyclic) bond motifs is 5. The van der Waals surface area contributed by atoms with Crippen LogP contribution >= 0.6 is 0 Å². The predicted molar refractivity (Wildman–Crippen MR) is 109 cm³/mol. The smallest absolute Gasteiger partial charge is 0.0605 e. The van der Waals surface area contributed by atoms with E-state index in [1.165, 1.54) is 6.42 Å². The van der Waals surface area contributed by atoms with Gasteiger partial charge in [0.15, 0.2) is 0 Å². The number of rotatable bonds is 4. The van der Waals surface area contributed by atoms with Crippen LogP contribution < -0.4 is 0 Å². The average Bonchev–Trinajstić information content (AvgIpc) is 2.97. The first-order chi connectivity index (χ1) is 13.3. The minimum Gasteiger partial charge on any atom is -0.396 e. The third-order valence-electron chi connectivity index (χ3n) is 10.2. The Morgan fingerprint density at radius 2 is 1.71 bits per heavy atom. The summed E-state index contributed by atoms with van der Waals surface area (Å²) in [5.41, 5.74) is 0.0974. The molecule has 28 heavy (non-hydrogen) atoms. The van der Waals surface area contributed by atoms with Crippen LogP contribution in [0.25, 0.3) is 0 Å². The predicted octanol–water partition coefficient (Wildman–Crippen LogP) is 3.36. The standard InChI is InChI=1S/C24H42O4/c1-4-16-18-12-15(26)9-10-23(18,2)21-19(27)13-24(3)14(6-5-11-25)7-8-17(24)20(21)22(16)28/h14-22,25-28H,4-13H2,1-3H3/t14?,15-,16-,17?,18?,19+,20?,21?,22-,23?,24?/m1/s1. The number of hydrogen-bond acceptors (Lipinski definition) is 4. The first-order valence-corrected chi connectivity index (χ1v) is 11.9. The Kier molecular flexibility index (Phi) is 5.66. The summed E-state index contributed by atoms with van der Waals surface area (Å²) in [6, 6.07) is 0. The lowest BCUT2D eigenvalue weighted by Crippen LogP contribution is -2.65. The highest BCUT2D eigenvalue weighted by Gasteiger charge is 2.66. The normalized spacial score (nSPS) is 56.0. The van der Waals surface area contributed by atoms with Gasteiger partial charge in [-0.1, -0.05) is 27.2 Å². The van der Waals surface area contributed by atoms with E-state index in [9.17, 15) is 20.4 Å². The zero-order valence-electron chi connectivity index (χ0n) is 18.1. The highest BCUT2D eigenvalue weighted by Crippen LogP contribution is 2.69. The van der Waals surface area contributed by atoms with Gasteiger partial charge in [0.25, 0.3) is 0 Å². The quantitative estimate of drug-likeness (QED) is 0.589. The fourth-order valence-electron chi connectivity index (χ4n) is 8.99. The molecule has 0 amide bonds. The topological polar surface area (TPSA) is 80.9 Å². The number of aliphatic hydroxyl groups is 4. The summed E-state index contributed by atoms with van der Waals surface area (Å²) in [5, 5.41) is 42.8. The molecule has 0 aromatic rings. The maximum absolute atomic E-state index is 11.6. The van der Waals surface area contributed by atoms with Crippen LogP contribution in [0.2, 0.25) is 0 Å². The molecule has 0 spiro atoms. The molecule has 0 aliphatic heterocycles. The van der Waals surface area contributed by atoms with Gasteiger partial charge in [-0.15, -0.1) is 0 Å². The van der Waals surface area contributed by atoms with Crippen molar-refractivity contribution in [3.63, 3.8) is 0 Å². The molecule has 4 aliphatic rings. The molecule has 0 aromatic carbocycles. The third-order valence-corrected chi connectivity index (χ3v) is 10.2. The van der Waals surface area contributed by atoms with Gasteiger partial charge < -0.3 is 20.4 Å². The van der Waals surface area contributed by atoms with Gasteiger partial charge in [-0.3, -0.25) is 0 Å². The van der Waals surface area contributed by atoms with Crippen molar-refractivity contribution in [1.82, 2.24) is 0 Å². The van der Waals surface area contributed by atoms with E-state index < -0.39 is 0 Å². The summed E-state index contributed by atoms with van der Waals surface area (Å²) >= 11 is 0. The van der Waals surface area contributed by atoms with E-state index in [0.29, 0.717) is 17.8 Å². The number of hydrogen-bond donors (Lipinski definition) is 4. The van der Waals surface area contributed by atoms with Crippen molar-refractivity contribution in [3.05, 3.63) is 0 Å². The molecule has 0 radical (unpaired) electrons. The molecule has 11 atom stereocenters. The van der Waals surface area contributed by atoms with Crippen molar-refractivity contribution in [3.8, 4) is 0 Å². The Bertz CT molecular complexity index is 567. The fourth-order valence-corrected chi connectivity index (χ4v) is 8.99. The molecule has 4 N–H and O–H groups in total. The molecule has 0 heterocycles. The zero-order valence-corrected chi connectivity index (χ0v) is 18.1. The molecule has 4 saturated carbocycles. The monoisotopic (exact) mass is 394 g/mol. The summed E-state index contributed by atoms with van der Waals surface area (Å²) < 4.78 is 0. The van der Waals surface area contributed by atoms with Gasteiger partial charge in [0.05, 0.1) is 18.3 Å². The molecular formula is C24H42O4. The fraction of sp³-hybridized carbons (Fsp3) is 1.00. The van der Waals surface area contributed by atoms with Crippen LogP contribution in [0, 0.1) is 46.3 Å². The van der Waals surface area contributed by atoms with E-state index in [2.05, 4.69) is 20.8 Å². The van der Waals surface area contributed by atoms with Crippen molar-refractivity contribution in [2.75, 3.05) is 6.61 Å². The van der Waals surface area contributed by atoms with Crippen molar-refractivity contribution >= 4 is 0 Å². The second kappa shape index (κ2) is 7.51. The van der Waals surface area contributed by atoms with Crippen LogP contribution in [0.3, 0.4) is 0 Å². The van der Waals surface area contributed by atoms with Crippen molar-refractivity contribution in [2.45, 2.75) is 96.9 Å². The first kappa shape index (κ1) is 21.1. The molecule has 162 valence electrons. The van der Waals surface area contributed by atoms with Gasteiger partial charge in [0, 0.05) is 6.61 Å². The molecule has 0 aromatic heterocycles. The van der Waals surface area contributed by atoms with E-state index in [-0.39, 0.29) is 53.5 Å². The lowest BCUT2D eigenvalue weighted by Gasteiger charge is -2.65. The van der Waals surface area contributed by atoms with E-state index in [1.807, 2.05) is 0 Å². The summed E-state index contributed by atoms with van der Waals surface area (Å²) in [6.07, 6.45) is 7.58. The summed E-state index contributed by atoms with van der Waals surface area (Å²) in [4.78, 5) is 0. The van der Waals surface area contributed by atoms with Crippen LogP contribution in [0.15, 0.2) is 0 Å². The maximum atomic E-state index is 11.6. The molecule has 0 bridgehead atoms. The van der Waals surface area contributed by atoms with E-state index in [0.717, 1.165) is 51.4 Å². The molecule has 4 rings (SSSR count). The molecular weight excluding hydrogens is 352 g/mol. The molecule has 4 nitrogen and oxygen atoms in total. The van der Waals surface area contributed by atoms with Gasteiger partial charge in [-0.05, 0) is 97.7 Å². The summed E-state index contributed by atoms with van der Waals surface area (Å²) in [5.74, 6) is 1.88. The lowest BCUT2D eigenvalue weighted by molar-refractivity contribution is -0.234. The Labute approximate surface area is 170 Å². The molecule has 0 saturated heterocycles. The Morgan fingerprint density at radius 3 is 2.39 bits per heavy atom. The van der Waals surface area contributed by atoms with Crippen LogP contribution in [0.1, 0.15) is 78.6 Å². The van der Waals surface area contributed by atoms with Gasteiger partial charge in [-0.25, -0.2) is 0 Å². The molecule has 4 fully saturated rings. The van der Waals surface area contributed by atoms with Crippen molar-refractivity contribution in [1.29, 1.82) is 0 Å². The van der Waals surface area contributed by atoms with Crippen molar-refractivity contribution in [2.24, 2.45) is 46.3 Å². The summed E-state index contributed by atoms with van der Waals surface area (Å²) in [6.45, 7) is 7.15. The number of aliphatic hydroxyl groups excluding tert-OH is 4. The molecule has 7 unspecified atom stereocenters. The van der Waals surface area contributed by atoms with Gasteiger partial charge >= 0.3 is 0 Å². The van der Waals surface area contributed by atoms with Gasteiger partial charge in [0.2, 0.25) is 0 Å². The van der Waals surface area contributed by atoms with Gasteiger partial charge in [0.1, 0.15) is 0 Å². The SMILES string of the molecule is CC[C@@H]1C2C[C@H](O)CCC2(C)C2C(C3CCC(CCCO)C3(C)C[C@@H]2O)[C@@H]1O. The highest BCUT2D eigenvalue weighted by atomic mass is 16.3. The van der Waals surface area contributed by atoms with Crippen molar-refractivity contribution < 1.29 is 20.4 Å². The molecule has 4 heteroatoms. The molecule has 4 aliphatic carbocycles. The second-order valence-corrected chi connectivity index (χ2v) is 11.2. The minimum atomic E-state index is -0.366. The van der Waals surface area contributed by atoms with Crippen LogP contribution in [-0.4, -0.2) is 45.3 Å². The highest BCUT2D eigenvalue weighted by molar-refractivity contribution is 5.15. The lowest BCUT2D eigenvalue weighted by atomic mass is 9.41. The van der Waals surface area contributed by atoms with Gasteiger partial charge in [-0.2, -0.15) is 0 Å².